The van der Waals surface area contributed by atoms with Gasteiger partial charge in [-0.05, 0) is 37.0 Å². The minimum Gasteiger partial charge on any atom is -0.384 e. The minimum absolute atomic E-state index is 0.603. The first-order valence-electron chi connectivity index (χ1n) is 4.14. The van der Waals surface area contributed by atoms with Crippen LogP contribution in [-0.4, -0.2) is 4.98 Å². The maximum atomic E-state index is 5.53. The summed E-state index contributed by atoms with van der Waals surface area (Å²) in [6.07, 6.45) is 6.93. The summed E-state index contributed by atoms with van der Waals surface area (Å²) >= 11 is 0. The lowest BCUT2D eigenvalue weighted by atomic mass is 10.1. The first kappa shape index (κ1) is 8.78. The van der Waals surface area contributed by atoms with E-state index in [1.54, 1.807) is 6.20 Å². The van der Waals surface area contributed by atoms with Crippen LogP contribution in [0.2, 0.25) is 0 Å². The van der Waals surface area contributed by atoms with Gasteiger partial charge in [-0.15, -0.1) is 6.58 Å². The molecule has 0 aliphatic carbocycles. The van der Waals surface area contributed by atoms with E-state index < -0.39 is 0 Å². The van der Waals surface area contributed by atoms with Gasteiger partial charge in [-0.3, -0.25) is 0 Å². The smallest absolute Gasteiger partial charge is 0.123 e. The second-order valence-electron chi connectivity index (χ2n) is 2.77. The molecule has 2 N–H and O–H groups in total. The minimum atomic E-state index is 0.603. The SMILES string of the molecule is C=CCCCc1ccnc(N)c1. The molecule has 1 heterocycles. The van der Waals surface area contributed by atoms with Gasteiger partial charge >= 0.3 is 0 Å². The van der Waals surface area contributed by atoms with Gasteiger partial charge in [-0.25, -0.2) is 4.98 Å². The molecule has 12 heavy (non-hydrogen) atoms. The number of nitrogen functional groups attached to an aromatic ring is 1. The fraction of sp³-hybridized carbons (Fsp3) is 0.300. The number of allylic oxidation sites excluding steroid dienone is 1. The van der Waals surface area contributed by atoms with Crippen LogP contribution in [0.1, 0.15) is 18.4 Å². The third kappa shape index (κ3) is 2.74. The average molecular weight is 162 g/mol. The Morgan fingerprint density at radius 3 is 3.08 bits per heavy atom. The molecule has 2 heteroatoms. The second-order valence-corrected chi connectivity index (χ2v) is 2.77. The van der Waals surface area contributed by atoms with E-state index in [2.05, 4.69) is 11.6 Å². The number of rotatable bonds is 4. The van der Waals surface area contributed by atoms with Crippen LogP contribution in [0.4, 0.5) is 5.82 Å². The van der Waals surface area contributed by atoms with Gasteiger partial charge in [0.05, 0.1) is 0 Å². The van der Waals surface area contributed by atoms with Crippen LogP contribution in [0.5, 0.6) is 0 Å². The van der Waals surface area contributed by atoms with Gasteiger partial charge in [-0.1, -0.05) is 6.08 Å². The Labute approximate surface area is 73.1 Å². The lowest BCUT2D eigenvalue weighted by Crippen LogP contribution is -1.92. The Kier molecular flexibility index (Phi) is 3.33. The monoisotopic (exact) mass is 162 g/mol. The molecule has 0 saturated carbocycles. The number of anilines is 1. The second kappa shape index (κ2) is 4.54. The summed E-state index contributed by atoms with van der Waals surface area (Å²) in [6, 6.07) is 3.92. The Morgan fingerprint density at radius 2 is 2.42 bits per heavy atom. The molecule has 0 radical (unpaired) electrons. The Morgan fingerprint density at radius 1 is 1.58 bits per heavy atom. The van der Waals surface area contributed by atoms with Gasteiger partial charge < -0.3 is 5.73 Å². The van der Waals surface area contributed by atoms with Crippen molar-refractivity contribution in [3.63, 3.8) is 0 Å². The highest BCUT2D eigenvalue weighted by atomic mass is 14.8. The van der Waals surface area contributed by atoms with Crippen LogP contribution in [0, 0.1) is 0 Å². The fourth-order valence-electron chi connectivity index (χ4n) is 1.10. The highest BCUT2D eigenvalue weighted by molar-refractivity contribution is 5.31. The topological polar surface area (TPSA) is 38.9 Å². The molecule has 0 aromatic carbocycles. The van der Waals surface area contributed by atoms with Crippen molar-refractivity contribution in [2.75, 3.05) is 5.73 Å². The van der Waals surface area contributed by atoms with E-state index >= 15 is 0 Å². The summed E-state index contributed by atoms with van der Waals surface area (Å²) in [7, 11) is 0. The molecule has 0 spiro atoms. The summed E-state index contributed by atoms with van der Waals surface area (Å²) in [6.45, 7) is 3.67. The number of aryl methyl sites for hydroxylation is 1. The molecule has 0 fully saturated rings. The van der Waals surface area contributed by atoms with Crippen LogP contribution < -0.4 is 5.73 Å². The van der Waals surface area contributed by atoms with Crippen LogP contribution in [0.25, 0.3) is 0 Å². The normalized spacial score (nSPS) is 9.67. The molecule has 0 unspecified atom stereocenters. The fourth-order valence-corrected chi connectivity index (χ4v) is 1.10. The number of unbranched alkanes of at least 4 members (excludes halogenated alkanes) is 1. The largest absolute Gasteiger partial charge is 0.384 e. The number of hydrogen-bond donors (Lipinski definition) is 1. The highest BCUT2D eigenvalue weighted by Gasteiger charge is 1.92. The first-order chi connectivity index (χ1) is 5.83. The quantitative estimate of drug-likeness (QED) is 0.544. The predicted octanol–water partition coefficient (Wildman–Crippen LogP) is 2.17. The van der Waals surface area contributed by atoms with Crippen molar-refractivity contribution in [2.24, 2.45) is 0 Å². The maximum Gasteiger partial charge on any atom is 0.123 e. The predicted molar refractivity (Wildman–Crippen MR) is 51.8 cm³/mol. The first-order valence-corrected chi connectivity index (χ1v) is 4.14. The van der Waals surface area contributed by atoms with E-state index in [-0.39, 0.29) is 0 Å². The van der Waals surface area contributed by atoms with E-state index in [0.29, 0.717) is 5.82 Å². The molecule has 2 nitrogen and oxygen atoms in total. The number of nitrogens with zero attached hydrogens (tertiary/aromatic N) is 1. The van der Waals surface area contributed by atoms with Crippen LogP contribution in [0.15, 0.2) is 31.0 Å². The van der Waals surface area contributed by atoms with E-state index in [4.69, 9.17) is 5.73 Å². The summed E-state index contributed by atoms with van der Waals surface area (Å²) in [5, 5.41) is 0. The molecule has 0 aliphatic rings. The Hall–Kier alpha value is -1.31. The zero-order valence-electron chi connectivity index (χ0n) is 7.16. The Bertz CT molecular complexity index is 256. The van der Waals surface area contributed by atoms with Gasteiger partial charge in [0, 0.05) is 6.20 Å². The third-order valence-electron chi connectivity index (χ3n) is 1.72. The third-order valence-corrected chi connectivity index (χ3v) is 1.72. The van der Waals surface area contributed by atoms with E-state index in [0.717, 1.165) is 19.3 Å². The van der Waals surface area contributed by atoms with Crippen molar-refractivity contribution in [3.05, 3.63) is 36.5 Å². The maximum absolute atomic E-state index is 5.53. The van der Waals surface area contributed by atoms with E-state index in [1.165, 1.54) is 5.56 Å². The van der Waals surface area contributed by atoms with E-state index in [1.807, 2.05) is 18.2 Å². The van der Waals surface area contributed by atoms with Crippen LogP contribution in [-0.2, 0) is 6.42 Å². The molecule has 0 saturated heterocycles. The van der Waals surface area contributed by atoms with Crippen molar-refractivity contribution in [3.8, 4) is 0 Å². The number of pyridine rings is 1. The molecule has 0 aliphatic heterocycles. The zero-order valence-corrected chi connectivity index (χ0v) is 7.16. The van der Waals surface area contributed by atoms with Gasteiger partial charge in [0.1, 0.15) is 5.82 Å². The number of aromatic nitrogens is 1. The number of nitrogens with two attached hydrogens (primary N) is 1. The summed E-state index contributed by atoms with van der Waals surface area (Å²) in [4.78, 5) is 3.93. The van der Waals surface area contributed by atoms with Crippen molar-refractivity contribution < 1.29 is 0 Å². The van der Waals surface area contributed by atoms with Gasteiger partial charge in [0.2, 0.25) is 0 Å². The van der Waals surface area contributed by atoms with Gasteiger partial charge in [-0.2, -0.15) is 0 Å². The molecule has 1 rings (SSSR count). The van der Waals surface area contributed by atoms with Crippen LogP contribution >= 0.6 is 0 Å². The summed E-state index contributed by atoms with van der Waals surface area (Å²) in [5.41, 5.74) is 6.79. The lowest BCUT2D eigenvalue weighted by molar-refractivity contribution is 0.843. The van der Waals surface area contributed by atoms with Crippen LogP contribution in [0.3, 0.4) is 0 Å². The standard InChI is InChI=1S/C10H14N2/c1-2-3-4-5-9-6-7-12-10(11)8-9/h2,6-8H,1,3-5H2,(H2,11,12). The van der Waals surface area contributed by atoms with E-state index in [9.17, 15) is 0 Å². The summed E-state index contributed by atoms with van der Waals surface area (Å²) < 4.78 is 0. The highest BCUT2D eigenvalue weighted by Crippen LogP contribution is 2.07. The van der Waals surface area contributed by atoms with Crippen molar-refractivity contribution in [1.82, 2.24) is 4.98 Å². The average Bonchev–Trinajstić information content (AvgIpc) is 2.05. The Balaban J connectivity index is 2.46. The molecular formula is C10H14N2. The van der Waals surface area contributed by atoms with Crippen molar-refractivity contribution in [2.45, 2.75) is 19.3 Å². The molecule has 1 aromatic heterocycles. The lowest BCUT2D eigenvalue weighted by Gasteiger charge is -1.99. The van der Waals surface area contributed by atoms with Crippen molar-refractivity contribution >= 4 is 5.82 Å². The zero-order chi connectivity index (χ0) is 8.81. The summed E-state index contributed by atoms with van der Waals surface area (Å²) in [5.74, 6) is 0.603. The molecule has 0 bridgehead atoms. The molecule has 1 aromatic rings. The molecule has 0 atom stereocenters. The van der Waals surface area contributed by atoms with Crippen molar-refractivity contribution in [1.29, 1.82) is 0 Å². The molecule has 64 valence electrons. The number of hydrogen-bond acceptors (Lipinski definition) is 2. The van der Waals surface area contributed by atoms with Gasteiger partial charge in [0.15, 0.2) is 0 Å². The molecule has 0 amide bonds. The molecular weight excluding hydrogens is 148 g/mol. The van der Waals surface area contributed by atoms with Gasteiger partial charge in [0.25, 0.3) is 0 Å².